The Labute approximate surface area is 119 Å². The van der Waals surface area contributed by atoms with Crippen molar-refractivity contribution in [3.05, 3.63) is 33.7 Å². The number of furan rings is 1. The zero-order valence-corrected chi connectivity index (χ0v) is 12.3. The van der Waals surface area contributed by atoms with E-state index in [-0.39, 0.29) is 17.2 Å². The molecule has 0 unspecified atom stereocenters. The molecule has 0 saturated carbocycles. The smallest absolute Gasteiger partial charge is 0.371 e. The summed E-state index contributed by atoms with van der Waals surface area (Å²) < 4.78 is 31.5. The SMILES string of the molecule is Cc1ncsc1CNS(=O)(=O)c1cc(C(=O)O)oc1C. The van der Waals surface area contributed by atoms with Crippen molar-refractivity contribution in [1.82, 2.24) is 9.71 Å². The Morgan fingerprint density at radius 2 is 2.20 bits per heavy atom. The van der Waals surface area contributed by atoms with E-state index in [1.54, 1.807) is 12.4 Å². The second kappa shape index (κ2) is 5.35. The molecular formula is C11H12N2O5S2. The number of hydrogen-bond donors (Lipinski definition) is 2. The highest BCUT2D eigenvalue weighted by molar-refractivity contribution is 7.89. The molecule has 2 rings (SSSR count). The molecule has 0 spiro atoms. The molecule has 20 heavy (non-hydrogen) atoms. The molecule has 9 heteroatoms. The predicted molar refractivity (Wildman–Crippen MR) is 71.3 cm³/mol. The van der Waals surface area contributed by atoms with E-state index < -0.39 is 21.8 Å². The van der Waals surface area contributed by atoms with E-state index in [9.17, 15) is 13.2 Å². The Morgan fingerprint density at radius 3 is 2.70 bits per heavy atom. The van der Waals surface area contributed by atoms with Crippen LogP contribution >= 0.6 is 11.3 Å². The van der Waals surface area contributed by atoms with Gasteiger partial charge in [-0.15, -0.1) is 11.3 Å². The number of rotatable bonds is 5. The lowest BCUT2D eigenvalue weighted by Gasteiger charge is -2.04. The average Bonchev–Trinajstić information content (AvgIpc) is 2.93. The lowest BCUT2D eigenvalue weighted by atomic mass is 10.4. The summed E-state index contributed by atoms with van der Waals surface area (Å²) in [5.41, 5.74) is 2.39. The van der Waals surface area contributed by atoms with Crippen LogP contribution in [0.1, 0.15) is 26.9 Å². The van der Waals surface area contributed by atoms with Gasteiger partial charge in [-0.2, -0.15) is 0 Å². The average molecular weight is 316 g/mol. The Kier molecular flexibility index (Phi) is 3.93. The summed E-state index contributed by atoms with van der Waals surface area (Å²) >= 11 is 1.34. The number of hydrogen-bond acceptors (Lipinski definition) is 6. The predicted octanol–water partition coefficient (Wildman–Crippen LogP) is 1.53. The van der Waals surface area contributed by atoms with E-state index in [0.717, 1.165) is 16.6 Å². The summed E-state index contributed by atoms with van der Waals surface area (Å²) in [7, 11) is -3.82. The number of carbonyl (C=O) groups is 1. The summed E-state index contributed by atoms with van der Waals surface area (Å²) in [6, 6.07) is 1.000. The fourth-order valence-corrected chi connectivity index (χ4v) is 3.55. The van der Waals surface area contributed by atoms with Crippen molar-refractivity contribution in [2.75, 3.05) is 0 Å². The highest BCUT2D eigenvalue weighted by atomic mass is 32.2. The number of aryl methyl sites for hydroxylation is 2. The van der Waals surface area contributed by atoms with Gasteiger partial charge in [0.15, 0.2) is 0 Å². The van der Waals surface area contributed by atoms with Gasteiger partial charge in [0, 0.05) is 17.5 Å². The van der Waals surface area contributed by atoms with Crippen molar-refractivity contribution in [3.8, 4) is 0 Å². The van der Waals surface area contributed by atoms with Gasteiger partial charge in [0.25, 0.3) is 0 Å². The summed E-state index contributed by atoms with van der Waals surface area (Å²) in [5, 5.41) is 8.79. The lowest BCUT2D eigenvalue weighted by molar-refractivity contribution is 0.0661. The summed E-state index contributed by atoms with van der Waals surface area (Å²) in [6.07, 6.45) is 0. The van der Waals surface area contributed by atoms with Gasteiger partial charge < -0.3 is 9.52 Å². The van der Waals surface area contributed by atoms with Crippen LogP contribution in [-0.2, 0) is 16.6 Å². The number of aromatic nitrogens is 1. The van der Waals surface area contributed by atoms with Crippen LogP contribution < -0.4 is 4.72 Å². The molecule has 0 atom stereocenters. The van der Waals surface area contributed by atoms with Gasteiger partial charge in [-0.1, -0.05) is 0 Å². The van der Waals surface area contributed by atoms with Gasteiger partial charge >= 0.3 is 5.97 Å². The molecule has 2 N–H and O–H groups in total. The monoisotopic (exact) mass is 316 g/mol. The number of carboxylic acid groups (broad SMARTS) is 1. The first kappa shape index (κ1) is 14.7. The zero-order chi connectivity index (χ0) is 14.9. The van der Waals surface area contributed by atoms with E-state index in [4.69, 9.17) is 9.52 Å². The van der Waals surface area contributed by atoms with Gasteiger partial charge in [0.05, 0.1) is 11.2 Å². The summed E-state index contributed by atoms with van der Waals surface area (Å²) in [6.45, 7) is 3.29. The van der Waals surface area contributed by atoms with E-state index in [1.165, 1.54) is 18.3 Å². The van der Waals surface area contributed by atoms with E-state index in [2.05, 4.69) is 9.71 Å². The molecular weight excluding hydrogens is 304 g/mol. The Bertz CT molecular complexity index is 745. The fraction of sp³-hybridized carbons (Fsp3) is 0.273. The Hall–Kier alpha value is -1.71. The summed E-state index contributed by atoms with van der Waals surface area (Å²) in [5.74, 6) is -1.68. The molecule has 0 bridgehead atoms. The molecule has 0 saturated heterocycles. The highest BCUT2D eigenvalue weighted by Crippen LogP contribution is 2.21. The zero-order valence-electron chi connectivity index (χ0n) is 10.7. The van der Waals surface area contributed by atoms with Gasteiger partial charge in [0.2, 0.25) is 15.8 Å². The van der Waals surface area contributed by atoms with E-state index >= 15 is 0 Å². The fourth-order valence-electron chi connectivity index (χ4n) is 1.57. The van der Waals surface area contributed by atoms with Crippen LogP contribution in [0.3, 0.4) is 0 Å². The van der Waals surface area contributed by atoms with Crippen molar-refractivity contribution in [2.24, 2.45) is 0 Å². The number of nitrogens with one attached hydrogen (secondary N) is 1. The Morgan fingerprint density at radius 1 is 1.50 bits per heavy atom. The number of aromatic carboxylic acids is 1. The van der Waals surface area contributed by atoms with Crippen LogP contribution in [0.25, 0.3) is 0 Å². The van der Waals surface area contributed by atoms with Crippen LogP contribution in [0.4, 0.5) is 0 Å². The van der Waals surface area contributed by atoms with Gasteiger partial charge in [0.1, 0.15) is 10.7 Å². The standard InChI is InChI=1S/C11H12N2O5S2/c1-6-9(19-5-12-6)4-13-20(16,17)10-3-8(11(14)15)18-7(10)2/h3,5,13H,4H2,1-2H3,(H,14,15). The van der Waals surface area contributed by atoms with Crippen LogP contribution in [0.5, 0.6) is 0 Å². The third-order valence-electron chi connectivity index (χ3n) is 2.64. The minimum absolute atomic E-state index is 0.0379. The van der Waals surface area contributed by atoms with Gasteiger partial charge in [-0.05, 0) is 13.8 Å². The van der Waals surface area contributed by atoms with Crippen molar-refractivity contribution in [3.63, 3.8) is 0 Å². The third-order valence-corrected chi connectivity index (χ3v) is 5.08. The topological polar surface area (TPSA) is 110 Å². The highest BCUT2D eigenvalue weighted by Gasteiger charge is 2.23. The van der Waals surface area contributed by atoms with Crippen LogP contribution in [-0.4, -0.2) is 24.5 Å². The molecule has 2 heterocycles. The van der Waals surface area contributed by atoms with E-state index in [1.807, 2.05) is 0 Å². The Balaban J connectivity index is 2.22. The first-order valence-electron chi connectivity index (χ1n) is 5.53. The van der Waals surface area contributed by atoms with Gasteiger partial charge in [-0.25, -0.2) is 22.9 Å². The molecule has 7 nitrogen and oxygen atoms in total. The van der Waals surface area contributed by atoms with Crippen molar-refractivity contribution < 1.29 is 22.7 Å². The number of carboxylic acids is 1. The normalized spacial score (nSPS) is 11.7. The molecule has 2 aromatic rings. The maximum Gasteiger partial charge on any atom is 0.371 e. The molecule has 0 aliphatic heterocycles. The van der Waals surface area contributed by atoms with Crippen LogP contribution in [0.2, 0.25) is 0 Å². The largest absolute Gasteiger partial charge is 0.475 e. The molecule has 108 valence electrons. The molecule has 0 aromatic carbocycles. The van der Waals surface area contributed by atoms with Crippen molar-refractivity contribution in [2.45, 2.75) is 25.3 Å². The minimum Gasteiger partial charge on any atom is -0.475 e. The maximum atomic E-state index is 12.1. The first-order valence-corrected chi connectivity index (χ1v) is 7.90. The summed E-state index contributed by atoms with van der Waals surface area (Å²) in [4.78, 5) is 15.4. The van der Waals surface area contributed by atoms with Gasteiger partial charge in [-0.3, -0.25) is 0 Å². The second-order valence-electron chi connectivity index (χ2n) is 4.02. The number of sulfonamides is 1. The lowest BCUT2D eigenvalue weighted by Crippen LogP contribution is -2.23. The van der Waals surface area contributed by atoms with Crippen molar-refractivity contribution in [1.29, 1.82) is 0 Å². The molecule has 0 radical (unpaired) electrons. The minimum atomic E-state index is -3.82. The molecule has 0 amide bonds. The van der Waals surface area contributed by atoms with Crippen LogP contribution in [0.15, 0.2) is 20.9 Å². The quantitative estimate of drug-likeness (QED) is 0.865. The van der Waals surface area contributed by atoms with Crippen LogP contribution in [0, 0.1) is 13.8 Å². The number of thiazole rings is 1. The van der Waals surface area contributed by atoms with E-state index in [0.29, 0.717) is 0 Å². The second-order valence-corrected chi connectivity index (χ2v) is 6.70. The molecule has 0 aliphatic rings. The van der Waals surface area contributed by atoms with Crippen molar-refractivity contribution >= 4 is 27.3 Å². The maximum absolute atomic E-state index is 12.1. The third kappa shape index (κ3) is 2.89. The number of nitrogens with zero attached hydrogens (tertiary/aromatic N) is 1. The first-order chi connectivity index (χ1) is 9.31. The molecule has 0 aliphatic carbocycles. The molecule has 2 aromatic heterocycles. The molecule has 0 fully saturated rings.